The molecule has 0 spiro atoms. The fourth-order valence-corrected chi connectivity index (χ4v) is 9.17. The third kappa shape index (κ3) is 8.23. The molecule has 3 heterocycles. The van der Waals surface area contributed by atoms with Crippen LogP contribution >= 0.6 is 0 Å². The molecule has 3 fully saturated rings. The second kappa shape index (κ2) is 15.4. The quantitative estimate of drug-likeness (QED) is 0.204. The molecule has 3 aliphatic heterocycles. The van der Waals surface area contributed by atoms with E-state index >= 15 is 0 Å². The molecule has 0 aromatic heterocycles. The standard InChI is InChI=1S/C33H47INO8/c1-21-17-18-27-23(3)29(37)22(2)26(36)15-8-5-9-16-28(34-20-24-12-6-4-7-13-24)42-32(40)25-14-10-11-19-35(25)31(39)30(38)33(21,41)43-27/h4,6-7,12-13,21-23,25,27-29,37,41H,5,8-11,14-20H2,1-3H3/q-1. The van der Waals surface area contributed by atoms with Crippen molar-refractivity contribution in [2.45, 2.75) is 118 Å². The second-order valence-electron chi connectivity index (χ2n) is 12.5. The van der Waals surface area contributed by atoms with Crippen LogP contribution in [0.1, 0.15) is 90.5 Å². The number of aliphatic hydroxyl groups is 2. The first-order chi connectivity index (χ1) is 20.5. The van der Waals surface area contributed by atoms with Crippen molar-refractivity contribution in [3.05, 3.63) is 35.9 Å². The Labute approximate surface area is 265 Å². The van der Waals surface area contributed by atoms with Crippen molar-refractivity contribution in [2.75, 3.05) is 6.54 Å². The van der Waals surface area contributed by atoms with Crippen molar-refractivity contribution in [1.82, 2.24) is 4.90 Å². The van der Waals surface area contributed by atoms with Crippen molar-refractivity contribution in [3.63, 3.8) is 0 Å². The SMILES string of the molecule is CC1C(=O)CCCCCC([I-]Cc2ccccc2)OC(=O)C2CCCCN2C(=O)C(=O)C2(O)OC(CCC2C)C(C)C1O. The van der Waals surface area contributed by atoms with Gasteiger partial charge in [0.1, 0.15) is 0 Å². The van der Waals surface area contributed by atoms with Gasteiger partial charge in [0.2, 0.25) is 0 Å². The Morgan fingerprint density at radius 3 is 2.40 bits per heavy atom. The molecule has 2 N–H and O–H groups in total. The number of hydrogen-bond donors (Lipinski definition) is 2. The Bertz CT molecular complexity index is 1130. The zero-order valence-corrected chi connectivity index (χ0v) is 27.7. The molecule has 0 saturated carbocycles. The number of benzene rings is 1. The molecular formula is C33H47INO8-. The Morgan fingerprint density at radius 2 is 1.65 bits per heavy atom. The molecular weight excluding hydrogens is 665 g/mol. The number of cyclic esters (lactones) is 1. The minimum absolute atomic E-state index is 0.0423. The fourth-order valence-electron chi connectivity index (χ4n) is 6.36. The van der Waals surface area contributed by atoms with Gasteiger partial charge in [0.25, 0.3) is 0 Å². The molecule has 8 unspecified atom stereocenters. The molecule has 240 valence electrons. The first-order valence-electron chi connectivity index (χ1n) is 15.8. The summed E-state index contributed by atoms with van der Waals surface area (Å²) < 4.78 is 12.6. The predicted octanol–water partition coefficient (Wildman–Crippen LogP) is 0.765. The van der Waals surface area contributed by atoms with Gasteiger partial charge in [-0.15, -0.1) is 0 Å². The maximum absolute atomic E-state index is 13.7. The van der Waals surface area contributed by atoms with Gasteiger partial charge in [0, 0.05) is 0 Å². The van der Waals surface area contributed by atoms with Gasteiger partial charge in [-0.3, -0.25) is 0 Å². The number of fused-ring (bicyclic) bond motifs is 3. The van der Waals surface area contributed by atoms with E-state index in [4.69, 9.17) is 9.47 Å². The summed E-state index contributed by atoms with van der Waals surface area (Å²) in [6.07, 6.45) is 4.16. The number of aliphatic hydroxyl groups excluding tert-OH is 1. The van der Waals surface area contributed by atoms with Gasteiger partial charge in [0.15, 0.2) is 0 Å². The molecule has 3 aliphatic rings. The number of piperidine rings is 1. The summed E-state index contributed by atoms with van der Waals surface area (Å²) in [6, 6.07) is 9.17. The number of halogens is 1. The van der Waals surface area contributed by atoms with Crippen LogP contribution in [0, 0.1) is 17.8 Å². The van der Waals surface area contributed by atoms with Crippen molar-refractivity contribution >= 4 is 23.4 Å². The van der Waals surface area contributed by atoms with Crippen LogP contribution in [-0.4, -0.2) is 73.2 Å². The summed E-state index contributed by atoms with van der Waals surface area (Å²) in [5.41, 5.74) is 1.18. The summed E-state index contributed by atoms with van der Waals surface area (Å²) in [7, 11) is 0. The number of alkyl halides is 2. The number of nitrogens with zero attached hydrogens (tertiary/aromatic N) is 1. The Balaban J connectivity index is 1.59. The average Bonchev–Trinajstić information content (AvgIpc) is 3.02. The number of ether oxygens (including phenoxy) is 2. The molecule has 4 rings (SSSR count). The zero-order chi connectivity index (χ0) is 31.1. The van der Waals surface area contributed by atoms with Crippen LogP contribution in [0.3, 0.4) is 0 Å². The van der Waals surface area contributed by atoms with Crippen LogP contribution < -0.4 is 21.2 Å². The number of hydrogen-bond acceptors (Lipinski definition) is 8. The molecule has 8 atom stereocenters. The van der Waals surface area contributed by atoms with E-state index in [1.807, 2.05) is 18.2 Å². The van der Waals surface area contributed by atoms with Crippen LogP contribution in [-0.2, 0) is 33.1 Å². The van der Waals surface area contributed by atoms with Crippen LogP contribution in [0.15, 0.2) is 30.3 Å². The molecule has 2 bridgehead atoms. The Kier molecular flexibility index (Phi) is 12.2. The van der Waals surface area contributed by atoms with Crippen LogP contribution in [0.4, 0.5) is 0 Å². The summed E-state index contributed by atoms with van der Waals surface area (Å²) in [6.45, 7) is 5.34. The van der Waals surface area contributed by atoms with E-state index < -0.39 is 80.7 Å². The van der Waals surface area contributed by atoms with Gasteiger partial charge in [-0.05, 0) is 0 Å². The first-order valence-corrected chi connectivity index (χ1v) is 18.6. The van der Waals surface area contributed by atoms with E-state index in [9.17, 15) is 29.4 Å². The van der Waals surface area contributed by atoms with E-state index in [1.165, 1.54) is 10.5 Å². The van der Waals surface area contributed by atoms with Crippen molar-refractivity contribution < 1.29 is 60.1 Å². The van der Waals surface area contributed by atoms with E-state index in [-0.39, 0.29) is 16.4 Å². The van der Waals surface area contributed by atoms with Gasteiger partial charge < -0.3 is 0 Å². The van der Waals surface area contributed by atoms with Crippen molar-refractivity contribution in [3.8, 4) is 0 Å². The van der Waals surface area contributed by atoms with E-state index in [0.717, 1.165) is 23.7 Å². The molecule has 3 saturated heterocycles. The van der Waals surface area contributed by atoms with Crippen molar-refractivity contribution in [2.24, 2.45) is 17.8 Å². The van der Waals surface area contributed by atoms with Gasteiger partial charge in [0.05, 0.1) is 0 Å². The topological polar surface area (TPSA) is 130 Å². The van der Waals surface area contributed by atoms with Crippen LogP contribution in [0.25, 0.3) is 0 Å². The predicted molar refractivity (Wildman–Crippen MR) is 155 cm³/mol. The summed E-state index contributed by atoms with van der Waals surface area (Å²) in [5, 5.41) is 22.7. The van der Waals surface area contributed by atoms with E-state index in [2.05, 4.69) is 12.1 Å². The van der Waals surface area contributed by atoms with Crippen LogP contribution in [0.5, 0.6) is 0 Å². The Morgan fingerprint density at radius 1 is 0.930 bits per heavy atom. The number of carbonyl (C=O) groups is 4. The number of carbonyl (C=O) groups excluding carboxylic acids is 4. The van der Waals surface area contributed by atoms with E-state index in [0.29, 0.717) is 44.9 Å². The van der Waals surface area contributed by atoms with Gasteiger partial charge in [-0.1, -0.05) is 0 Å². The molecule has 0 aliphatic carbocycles. The molecule has 1 aromatic rings. The van der Waals surface area contributed by atoms with Crippen molar-refractivity contribution in [1.29, 1.82) is 0 Å². The second-order valence-corrected chi connectivity index (χ2v) is 15.5. The number of ketones is 2. The molecule has 1 aromatic carbocycles. The van der Waals surface area contributed by atoms with E-state index in [1.54, 1.807) is 20.8 Å². The Hall–Kier alpha value is -1.89. The van der Waals surface area contributed by atoms with Gasteiger partial charge in [-0.2, -0.15) is 0 Å². The van der Waals surface area contributed by atoms with Gasteiger partial charge >= 0.3 is 266 Å². The minimum atomic E-state index is -2.39. The maximum atomic E-state index is 13.7. The normalized spacial score (nSPS) is 35.8. The van der Waals surface area contributed by atoms with Gasteiger partial charge in [-0.25, -0.2) is 0 Å². The molecule has 9 nitrogen and oxygen atoms in total. The van der Waals surface area contributed by atoms with Crippen LogP contribution in [0.2, 0.25) is 0 Å². The number of rotatable bonds is 3. The third-order valence-corrected chi connectivity index (χ3v) is 12.6. The molecule has 1 amide bonds. The summed E-state index contributed by atoms with van der Waals surface area (Å²) in [4.78, 5) is 55.2. The number of esters is 1. The third-order valence-electron chi connectivity index (χ3n) is 9.43. The summed E-state index contributed by atoms with van der Waals surface area (Å²) >= 11 is -0.572. The monoisotopic (exact) mass is 712 g/mol. The summed E-state index contributed by atoms with van der Waals surface area (Å²) in [5.74, 6) is -6.82. The fraction of sp³-hybridized carbons (Fsp3) is 0.697. The zero-order valence-electron chi connectivity index (χ0n) is 25.6. The molecule has 43 heavy (non-hydrogen) atoms. The first kappa shape index (κ1) is 34.0. The number of amides is 1. The average molecular weight is 713 g/mol. The molecule has 0 radical (unpaired) electrons. The number of Topliss-reactive ketones (excluding diaryl/α,β-unsaturated/α-hetero) is 2. The molecule has 10 heteroatoms.